The molecule has 2 aliphatic rings. The summed E-state index contributed by atoms with van der Waals surface area (Å²) in [5.74, 6) is -4.22. The van der Waals surface area contributed by atoms with Gasteiger partial charge in [-0.1, -0.05) is 31.6 Å². The summed E-state index contributed by atoms with van der Waals surface area (Å²) in [6, 6.07) is 6.27. The maximum absolute atomic E-state index is 14.7. The predicted molar refractivity (Wildman–Crippen MR) is 111 cm³/mol. The minimum Gasteiger partial charge on any atom is -0.352 e. The van der Waals surface area contributed by atoms with E-state index in [4.69, 9.17) is 9.47 Å². The fourth-order valence-electron chi connectivity index (χ4n) is 4.44. The van der Waals surface area contributed by atoms with E-state index in [0.29, 0.717) is 11.5 Å². The molecule has 1 heterocycles. The first-order valence-electron chi connectivity index (χ1n) is 10.8. The van der Waals surface area contributed by atoms with Crippen LogP contribution in [-0.4, -0.2) is 19.5 Å². The zero-order valence-corrected chi connectivity index (χ0v) is 17.5. The van der Waals surface area contributed by atoms with Gasteiger partial charge in [0.25, 0.3) is 0 Å². The van der Waals surface area contributed by atoms with Crippen LogP contribution in [0.1, 0.15) is 44.6 Å². The van der Waals surface area contributed by atoms with Crippen molar-refractivity contribution in [3.05, 3.63) is 65.2 Å². The Labute approximate surface area is 179 Å². The third-order valence-corrected chi connectivity index (χ3v) is 6.19. The molecule has 0 bridgehead atoms. The molecule has 166 valence electrons. The van der Waals surface area contributed by atoms with E-state index in [0.717, 1.165) is 63.0 Å². The molecule has 1 atom stereocenters. The van der Waals surface area contributed by atoms with Gasteiger partial charge in [-0.3, -0.25) is 0 Å². The first kappa shape index (κ1) is 22.0. The standard InChI is InChI=1S/C25H26F4O2/c1-2-3-15-13-30-25(31-14-15)17-6-4-16(5-7-17)18-8-9-19(22(27)12-18)20-10-11-21(26)24(29)23(20)28/h4,8-12,15,17,25H,2-3,5-7,13-14H2,1H3. The highest BCUT2D eigenvalue weighted by Crippen LogP contribution is 2.36. The van der Waals surface area contributed by atoms with Crippen molar-refractivity contribution in [1.82, 2.24) is 0 Å². The molecule has 2 aromatic rings. The molecule has 0 spiro atoms. The van der Waals surface area contributed by atoms with Crippen molar-refractivity contribution in [2.24, 2.45) is 11.8 Å². The molecule has 1 fully saturated rings. The zero-order valence-electron chi connectivity index (χ0n) is 17.5. The van der Waals surface area contributed by atoms with E-state index in [2.05, 4.69) is 13.0 Å². The molecule has 0 radical (unpaired) electrons. The van der Waals surface area contributed by atoms with Gasteiger partial charge in [-0.25, -0.2) is 17.6 Å². The number of halogens is 4. The minimum atomic E-state index is -1.60. The summed E-state index contributed by atoms with van der Waals surface area (Å²) in [5.41, 5.74) is 1.32. The van der Waals surface area contributed by atoms with Gasteiger partial charge in [-0.2, -0.15) is 0 Å². The highest BCUT2D eigenvalue weighted by atomic mass is 19.2. The van der Waals surface area contributed by atoms with Gasteiger partial charge in [0, 0.05) is 23.0 Å². The van der Waals surface area contributed by atoms with E-state index in [9.17, 15) is 17.6 Å². The molecule has 0 aromatic heterocycles. The predicted octanol–water partition coefficient (Wildman–Crippen LogP) is 6.88. The monoisotopic (exact) mass is 434 g/mol. The lowest BCUT2D eigenvalue weighted by atomic mass is 9.85. The van der Waals surface area contributed by atoms with Crippen molar-refractivity contribution in [2.45, 2.75) is 45.3 Å². The molecule has 31 heavy (non-hydrogen) atoms. The van der Waals surface area contributed by atoms with E-state index in [1.54, 1.807) is 6.07 Å². The second kappa shape index (κ2) is 9.53. The van der Waals surface area contributed by atoms with Gasteiger partial charge in [-0.15, -0.1) is 0 Å². The topological polar surface area (TPSA) is 18.5 Å². The molecule has 0 amide bonds. The fourth-order valence-corrected chi connectivity index (χ4v) is 4.44. The van der Waals surface area contributed by atoms with E-state index < -0.39 is 23.3 Å². The molecule has 6 heteroatoms. The Morgan fingerprint density at radius 2 is 1.65 bits per heavy atom. The van der Waals surface area contributed by atoms with Crippen LogP contribution in [0, 0.1) is 35.1 Å². The van der Waals surface area contributed by atoms with Crippen LogP contribution in [0.25, 0.3) is 16.7 Å². The fraction of sp³-hybridized carbons (Fsp3) is 0.440. The molecule has 1 aliphatic carbocycles. The quantitative estimate of drug-likeness (QED) is 0.377. The molecule has 1 aliphatic heterocycles. The Kier molecular flexibility index (Phi) is 6.77. The Morgan fingerprint density at radius 3 is 2.29 bits per heavy atom. The number of hydrogen-bond donors (Lipinski definition) is 0. The average molecular weight is 434 g/mol. The molecule has 0 saturated carbocycles. The molecular weight excluding hydrogens is 408 g/mol. The van der Waals surface area contributed by atoms with Gasteiger partial charge in [0.15, 0.2) is 23.7 Å². The second-order valence-corrected chi connectivity index (χ2v) is 8.37. The largest absolute Gasteiger partial charge is 0.352 e. The summed E-state index contributed by atoms with van der Waals surface area (Å²) in [5, 5.41) is 0. The van der Waals surface area contributed by atoms with Crippen LogP contribution in [0.15, 0.2) is 36.4 Å². The molecule has 4 rings (SSSR count). The number of hydrogen-bond acceptors (Lipinski definition) is 2. The summed E-state index contributed by atoms with van der Waals surface area (Å²) in [6.45, 7) is 3.63. The maximum Gasteiger partial charge on any atom is 0.195 e. The first-order valence-corrected chi connectivity index (χ1v) is 10.8. The van der Waals surface area contributed by atoms with Crippen LogP contribution in [0.2, 0.25) is 0 Å². The second-order valence-electron chi connectivity index (χ2n) is 8.37. The van der Waals surface area contributed by atoms with Crippen molar-refractivity contribution in [1.29, 1.82) is 0 Å². The van der Waals surface area contributed by atoms with Crippen LogP contribution < -0.4 is 0 Å². The molecule has 1 unspecified atom stereocenters. The summed E-state index contributed by atoms with van der Waals surface area (Å²) in [6.07, 6.45) is 6.51. The van der Waals surface area contributed by atoms with E-state index >= 15 is 0 Å². The van der Waals surface area contributed by atoms with Crippen molar-refractivity contribution < 1.29 is 27.0 Å². The van der Waals surface area contributed by atoms with Crippen LogP contribution in [0.5, 0.6) is 0 Å². The molecular formula is C25H26F4O2. The van der Waals surface area contributed by atoms with Gasteiger partial charge in [0.1, 0.15) is 5.82 Å². The lowest BCUT2D eigenvalue weighted by Crippen LogP contribution is -2.37. The van der Waals surface area contributed by atoms with Crippen LogP contribution in [0.3, 0.4) is 0 Å². The van der Waals surface area contributed by atoms with Crippen LogP contribution >= 0.6 is 0 Å². The number of benzene rings is 2. The lowest BCUT2D eigenvalue weighted by Gasteiger charge is -2.35. The van der Waals surface area contributed by atoms with Gasteiger partial charge < -0.3 is 9.47 Å². The smallest absolute Gasteiger partial charge is 0.195 e. The lowest BCUT2D eigenvalue weighted by molar-refractivity contribution is -0.225. The van der Waals surface area contributed by atoms with Crippen molar-refractivity contribution in [2.75, 3.05) is 13.2 Å². The maximum atomic E-state index is 14.7. The first-order chi connectivity index (χ1) is 15.0. The summed E-state index contributed by atoms with van der Waals surface area (Å²) >= 11 is 0. The van der Waals surface area contributed by atoms with Crippen molar-refractivity contribution >= 4 is 5.57 Å². The molecule has 1 saturated heterocycles. The molecule has 0 N–H and O–H groups in total. The zero-order chi connectivity index (χ0) is 22.0. The summed E-state index contributed by atoms with van der Waals surface area (Å²) in [4.78, 5) is 0. The van der Waals surface area contributed by atoms with Crippen molar-refractivity contribution in [3.8, 4) is 11.1 Å². The molecule has 2 nitrogen and oxygen atoms in total. The number of allylic oxidation sites excluding steroid dienone is 2. The molecule has 2 aromatic carbocycles. The Balaban J connectivity index is 1.44. The normalized spacial score (nSPS) is 24.2. The Bertz CT molecular complexity index is 964. The Hall–Kier alpha value is -2.18. The summed E-state index contributed by atoms with van der Waals surface area (Å²) < 4.78 is 67.3. The SMILES string of the molecule is CCCC1COC(C2CC=C(c3ccc(-c4ccc(F)c(F)c4F)c(F)c3)CC2)OC1. The number of ether oxygens (including phenoxy) is 2. The number of rotatable bonds is 5. The van der Waals surface area contributed by atoms with Gasteiger partial charge in [-0.05, 0) is 55.0 Å². The van der Waals surface area contributed by atoms with Crippen LogP contribution in [-0.2, 0) is 9.47 Å². The van der Waals surface area contributed by atoms with Gasteiger partial charge >= 0.3 is 0 Å². The van der Waals surface area contributed by atoms with Crippen molar-refractivity contribution in [3.63, 3.8) is 0 Å². The van der Waals surface area contributed by atoms with Crippen LogP contribution in [0.4, 0.5) is 17.6 Å². The van der Waals surface area contributed by atoms with Gasteiger partial charge in [0.05, 0.1) is 13.2 Å². The minimum absolute atomic E-state index is 0.0972. The van der Waals surface area contributed by atoms with Gasteiger partial charge in [0.2, 0.25) is 0 Å². The third-order valence-electron chi connectivity index (χ3n) is 6.19. The van der Waals surface area contributed by atoms with E-state index in [-0.39, 0.29) is 23.3 Å². The third kappa shape index (κ3) is 4.70. The highest BCUT2D eigenvalue weighted by molar-refractivity contribution is 5.71. The van der Waals surface area contributed by atoms with E-state index in [1.807, 2.05) is 0 Å². The van der Waals surface area contributed by atoms with E-state index in [1.165, 1.54) is 12.1 Å². The average Bonchev–Trinajstić information content (AvgIpc) is 2.79. The highest BCUT2D eigenvalue weighted by Gasteiger charge is 2.30. The summed E-state index contributed by atoms with van der Waals surface area (Å²) in [7, 11) is 0. The Morgan fingerprint density at radius 1 is 0.903 bits per heavy atom.